The molecule has 0 aliphatic heterocycles. The lowest BCUT2D eigenvalue weighted by Crippen LogP contribution is -2.08. The first-order chi connectivity index (χ1) is 11.3. The molecular formula is C13H9Cl4N7. The van der Waals surface area contributed by atoms with Crippen molar-refractivity contribution in [2.75, 3.05) is 0 Å². The zero-order valence-electron chi connectivity index (χ0n) is 12.4. The Morgan fingerprint density at radius 3 is 1.29 bits per heavy atom. The predicted octanol–water partition coefficient (Wildman–Crippen LogP) is 4.39. The fourth-order valence-electron chi connectivity index (χ4n) is 2.25. The van der Waals surface area contributed by atoms with Crippen LogP contribution >= 0.6 is 46.4 Å². The second kappa shape index (κ2) is 6.76. The molecule has 0 atom stereocenters. The van der Waals surface area contributed by atoms with Crippen molar-refractivity contribution in [3.63, 3.8) is 0 Å². The summed E-state index contributed by atoms with van der Waals surface area (Å²) < 4.78 is 1.92. The predicted molar refractivity (Wildman–Crippen MR) is 92.5 cm³/mol. The van der Waals surface area contributed by atoms with Gasteiger partial charge >= 0.3 is 0 Å². The van der Waals surface area contributed by atoms with Gasteiger partial charge in [-0.3, -0.25) is 0 Å². The third-order valence-corrected chi connectivity index (χ3v) is 3.73. The van der Waals surface area contributed by atoms with E-state index in [0.29, 0.717) is 23.0 Å². The van der Waals surface area contributed by atoms with E-state index in [0.717, 1.165) is 0 Å². The van der Waals surface area contributed by atoms with Crippen LogP contribution in [0.15, 0.2) is 12.1 Å². The summed E-state index contributed by atoms with van der Waals surface area (Å²) in [5, 5.41) is 0.0345. The Hall–Kier alpha value is -1.54. The Morgan fingerprint density at radius 2 is 1.00 bits per heavy atom. The van der Waals surface area contributed by atoms with E-state index in [1.54, 1.807) is 0 Å². The van der Waals surface area contributed by atoms with Crippen molar-refractivity contribution >= 4 is 46.4 Å². The van der Waals surface area contributed by atoms with E-state index >= 15 is 0 Å². The highest BCUT2D eigenvalue weighted by Gasteiger charge is 2.19. The molecule has 0 aliphatic carbocycles. The van der Waals surface area contributed by atoms with Crippen LogP contribution in [-0.2, 0) is 0 Å². The Kier molecular flexibility index (Phi) is 4.87. The topological polar surface area (TPSA) is 82.3 Å². The normalized spacial score (nSPS) is 11.3. The minimum atomic E-state index is 0.00862. The first-order valence-electron chi connectivity index (χ1n) is 6.71. The second-order valence-corrected chi connectivity index (χ2v) is 6.31. The highest BCUT2D eigenvalue weighted by Crippen LogP contribution is 2.30. The molecule has 3 rings (SSSR count). The van der Waals surface area contributed by atoms with E-state index in [1.807, 2.05) is 30.5 Å². The van der Waals surface area contributed by atoms with Crippen LogP contribution in [0.4, 0.5) is 0 Å². The lowest BCUT2D eigenvalue weighted by atomic mass is 10.3. The van der Waals surface area contributed by atoms with E-state index in [4.69, 9.17) is 46.4 Å². The minimum absolute atomic E-state index is 0.00862. The summed E-state index contributed by atoms with van der Waals surface area (Å²) in [6.07, 6.45) is 0. The molecule has 3 heterocycles. The van der Waals surface area contributed by atoms with Gasteiger partial charge < -0.3 is 4.57 Å². The molecule has 24 heavy (non-hydrogen) atoms. The lowest BCUT2D eigenvalue weighted by molar-refractivity contribution is 0.610. The van der Waals surface area contributed by atoms with Gasteiger partial charge in [0.25, 0.3) is 0 Å². The van der Waals surface area contributed by atoms with Crippen molar-refractivity contribution in [2.45, 2.75) is 19.9 Å². The average molecular weight is 405 g/mol. The van der Waals surface area contributed by atoms with E-state index in [-0.39, 0.29) is 27.2 Å². The van der Waals surface area contributed by atoms with E-state index in [1.165, 1.54) is 0 Å². The molecule has 0 aromatic carbocycles. The van der Waals surface area contributed by atoms with Crippen molar-refractivity contribution in [2.24, 2.45) is 0 Å². The molecule has 0 aliphatic rings. The fraction of sp³-hybridized carbons (Fsp3) is 0.231. The summed E-state index contributed by atoms with van der Waals surface area (Å²) in [5.74, 6) is 0.678. The van der Waals surface area contributed by atoms with Gasteiger partial charge in [0.2, 0.25) is 21.1 Å². The van der Waals surface area contributed by atoms with Crippen LogP contribution in [-0.4, -0.2) is 34.5 Å². The molecule has 124 valence electrons. The standard InChI is InChI=1S/C13H9Cl4N7/c1-5(2)24-6(8-18-10(14)22-11(15)19-8)3-4-7(24)9-20-12(16)23-13(17)21-9/h3-5H,1-2H3. The van der Waals surface area contributed by atoms with Crippen LogP contribution in [0.3, 0.4) is 0 Å². The third-order valence-electron chi connectivity index (χ3n) is 3.05. The van der Waals surface area contributed by atoms with Crippen LogP contribution < -0.4 is 0 Å². The van der Waals surface area contributed by atoms with Gasteiger partial charge in [0, 0.05) is 6.04 Å². The number of hydrogen-bond donors (Lipinski definition) is 0. The molecule has 7 nitrogen and oxygen atoms in total. The maximum Gasteiger partial charge on any atom is 0.227 e. The smallest absolute Gasteiger partial charge is 0.227 e. The zero-order chi connectivity index (χ0) is 17.4. The number of halogens is 4. The van der Waals surface area contributed by atoms with Gasteiger partial charge in [0.15, 0.2) is 11.6 Å². The molecule has 0 fully saturated rings. The number of nitrogens with zero attached hydrogens (tertiary/aromatic N) is 7. The first kappa shape index (κ1) is 17.3. The van der Waals surface area contributed by atoms with Gasteiger partial charge in [-0.1, -0.05) is 0 Å². The Balaban J connectivity index is 2.21. The van der Waals surface area contributed by atoms with Gasteiger partial charge in [0.1, 0.15) is 0 Å². The molecule has 0 radical (unpaired) electrons. The molecule has 0 saturated heterocycles. The summed E-state index contributed by atoms with van der Waals surface area (Å²) in [4.78, 5) is 24.0. The maximum absolute atomic E-state index is 5.87. The Labute approximate surface area is 157 Å². The molecule has 0 bridgehead atoms. The Morgan fingerprint density at radius 1 is 0.667 bits per heavy atom. The van der Waals surface area contributed by atoms with Crippen molar-refractivity contribution in [1.29, 1.82) is 0 Å². The van der Waals surface area contributed by atoms with E-state index < -0.39 is 0 Å². The van der Waals surface area contributed by atoms with Crippen molar-refractivity contribution in [1.82, 2.24) is 34.5 Å². The van der Waals surface area contributed by atoms with E-state index in [9.17, 15) is 0 Å². The number of rotatable bonds is 3. The molecule has 11 heteroatoms. The van der Waals surface area contributed by atoms with Crippen LogP contribution in [0.5, 0.6) is 0 Å². The monoisotopic (exact) mass is 403 g/mol. The fourth-order valence-corrected chi connectivity index (χ4v) is 2.98. The summed E-state index contributed by atoms with van der Waals surface area (Å²) in [6, 6.07) is 3.65. The second-order valence-electron chi connectivity index (χ2n) is 4.96. The van der Waals surface area contributed by atoms with Crippen LogP contribution in [0.1, 0.15) is 19.9 Å². The zero-order valence-corrected chi connectivity index (χ0v) is 15.4. The quantitative estimate of drug-likeness (QED) is 0.643. The molecule has 3 aromatic rings. The summed E-state index contributed by atoms with van der Waals surface area (Å²) in [6.45, 7) is 3.98. The number of hydrogen-bond acceptors (Lipinski definition) is 6. The summed E-state index contributed by atoms with van der Waals surface area (Å²) in [5.41, 5.74) is 1.36. The number of aromatic nitrogens is 7. The molecule has 0 saturated carbocycles. The van der Waals surface area contributed by atoms with Gasteiger partial charge in [-0.2, -0.15) is 29.9 Å². The first-order valence-corrected chi connectivity index (χ1v) is 8.22. The highest BCUT2D eigenvalue weighted by atomic mass is 35.5. The lowest BCUT2D eigenvalue weighted by Gasteiger charge is -2.16. The van der Waals surface area contributed by atoms with Crippen LogP contribution in [0.25, 0.3) is 23.0 Å². The summed E-state index contributed by atoms with van der Waals surface area (Å²) in [7, 11) is 0. The summed E-state index contributed by atoms with van der Waals surface area (Å²) >= 11 is 23.5. The van der Waals surface area contributed by atoms with Gasteiger partial charge in [-0.05, 0) is 72.4 Å². The van der Waals surface area contributed by atoms with Gasteiger partial charge in [-0.15, -0.1) is 0 Å². The van der Waals surface area contributed by atoms with Gasteiger partial charge in [-0.25, -0.2) is 0 Å². The van der Waals surface area contributed by atoms with Crippen LogP contribution in [0.2, 0.25) is 21.1 Å². The molecule has 0 unspecified atom stereocenters. The SMILES string of the molecule is CC(C)n1c(-c2nc(Cl)nc(Cl)n2)ccc1-c1nc(Cl)nc(Cl)n1. The minimum Gasteiger partial charge on any atom is -0.333 e. The molecule has 0 N–H and O–H groups in total. The van der Waals surface area contributed by atoms with Crippen LogP contribution in [0, 0.1) is 0 Å². The average Bonchev–Trinajstić information content (AvgIpc) is 2.90. The molecule has 3 aromatic heterocycles. The molecule has 0 amide bonds. The highest BCUT2D eigenvalue weighted by molar-refractivity contribution is 6.31. The van der Waals surface area contributed by atoms with Crippen molar-refractivity contribution in [3.05, 3.63) is 33.3 Å². The van der Waals surface area contributed by atoms with E-state index in [2.05, 4.69) is 29.9 Å². The van der Waals surface area contributed by atoms with Crippen molar-refractivity contribution in [3.8, 4) is 23.0 Å². The largest absolute Gasteiger partial charge is 0.333 e. The maximum atomic E-state index is 5.87. The van der Waals surface area contributed by atoms with Gasteiger partial charge in [0.05, 0.1) is 11.4 Å². The van der Waals surface area contributed by atoms with Crippen molar-refractivity contribution < 1.29 is 0 Å². The Bertz CT molecular complexity index is 800. The third kappa shape index (κ3) is 3.44. The molecular weight excluding hydrogens is 396 g/mol. The molecule has 0 spiro atoms.